The molecule has 0 radical (unpaired) electrons. The van der Waals surface area contributed by atoms with Crippen LogP contribution in [0.4, 0.5) is 0 Å². The molecule has 0 aromatic heterocycles. The predicted molar refractivity (Wildman–Crippen MR) is 149 cm³/mol. The number of amides is 1. The molecule has 1 heterocycles. The van der Waals surface area contributed by atoms with Gasteiger partial charge in [-0.05, 0) is 35.5 Å². The van der Waals surface area contributed by atoms with Crippen LogP contribution in [0.15, 0.2) is 101 Å². The maximum Gasteiger partial charge on any atom is 0.282 e. The zero-order valence-corrected chi connectivity index (χ0v) is 21.5. The van der Waals surface area contributed by atoms with E-state index in [0.29, 0.717) is 5.84 Å². The molecule has 6 heteroatoms. The third-order valence-electron chi connectivity index (χ3n) is 4.98. The summed E-state index contributed by atoms with van der Waals surface area (Å²) < 4.78 is 0. The zero-order valence-electron chi connectivity index (χ0n) is 17.4. The van der Waals surface area contributed by atoms with E-state index < -0.39 is 6.89 Å². The molecule has 158 valence electrons. The monoisotopic (exact) mass is 558 g/mol. The van der Waals surface area contributed by atoms with E-state index in [0.717, 1.165) is 32.0 Å². The fraction of sp³-hybridized carbons (Fsp3) is 0.120. The lowest BCUT2D eigenvalue weighted by molar-refractivity contribution is -0.111. The number of rotatable bonds is 4. The van der Waals surface area contributed by atoms with E-state index in [1.54, 1.807) is 18.7 Å². The Balaban J connectivity index is 0.00000272. The Bertz CT molecular complexity index is 1070. The maximum atomic E-state index is 13.6. The number of halogens is 1. The van der Waals surface area contributed by atoms with Gasteiger partial charge in [-0.3, -0.25) is 4.79 Å². The number of amidine groups is 1. The van der Waals surface area contributed by atoms with Crippen molar-refractivity contribution in [3.05, 3.63) is 91.0 Å². The van der Waals surface area contributed by atoms with Crippen LogP contribution in [0.3, 0.4) is 0 Å². The van der Waals surface area contributed by atoms with E-state index in [1.165, 1.54) is 0 Å². The van der Waals surface area contributed by atoms with Crippen molar-refractivity contribution in [2.75, 3.05) is 5.75 Å². The highest BCUT2D eigenvalue weighted by Gasteiger charge is 2.37. The second-order valence-corrected chi connectivity index (χ2v) is 11.4. The Morgan fingerprint density at radius 2 is 1.16 bits per heavy atom. The Labute approximate surface area is 205 Å². The summed E-state index contributed by atoms with van der Waals surface area (Å²) in [6.45, 7) is 1.39. The molecular weight excluding hydrogens is 534 g/mol. The summed E-state index contributed by atoms with van der Waals surface area (Å²) >= 11 is 1.62. The number of aliphatic imine (C=N–C) groups is 2. The SMILES string of the molecule is CCSC1=NC(C)=NC(=O)C1=P(c1ccccc1)(c1ccccc1)c1ccccc1.I. The van der Waals surface area contributed by atoms with Crippen LogP contribution in [0.1, 0.15) is 13.8 Å². The lowest BCUT2D eigenvalue weighted by atomic mass is 10.3. The second-order valence-electron chi connectivity index (χ2n) is 6.84. The molecule has 0 bridgehead atoms. The summed E-state index contributed by atoms with van der Waals surface area (Å²) in [7, 11) is 0. The van der Waals surface area contributed by atoms with Crippen LogP contribution in [0.25, 0.3) is 0 Å². The summed E-state index contributed by atoms with van der Waals surface area (Å²) in [5, 5.41) is 4.91. The van der Waals surface area contributed by atoms with Crippen LogP contribution < -0.4 is 15.9 Å². The topological polar surface area (TPSA) is 41.8 Å². The molecule has 0 unspecified atom stereocenters. The van der Waals surface area contributed by atoms with Gasteiger partial charge >= 0.3 is 0 Å². The first-order valence-corrected chi connectivity index (χ1v) is 12.7. The van der Waals surface area contributed by atoms with Crippen molar-refractivity contribution in [3.63, 3.8) is 0 Å². The Hall–Kier alpha value is -1.95. The third kappa shape index (κ3) is 4.50. The maximum absolute atomic E-state index is 13.6. The molecule has 0 saturated heterocycles. The van der Waals surface area contributed by atoms with Crippen molar-refractivity contribution in [1.82, 2.24) is 0 Å². The Morgan fingerprint density at radius 1 is 0.742 bits per heavy atom. The second kappa shape index (κ2) is 10.6. The normalized spacial score (nSPS) is 13.9. The highest BCUT2D eigenvalue weighted by molar-refractivity contribution is 14.0. The average molecular weight is 558 g/mol. The van der Waals surface area contributed by atoms with E-state index in [9.17, 15) is 4.79 Å². The summed E-state index contributed by atoms with van der Waals surface area (Å²) in [6, 6.07) is 31.1. The average Bonchev–Trinajstić information content (AvgIpc) is 2.78. The van der Waals surface area contributed by atoms with Crippen LogP contribution in [-0.2, 0) is 4.79 Å². The fourth-order valence-corrected chi connectivity index (χ4v) is 9.33. The lowest BCUT2D eigenvalue weighted by Crippen LogP contribution is -2.38. The molecule has 3 aromatic carbocycles. The quantitative estimate of drug-likeness (QED) is 0.339. The number of carbonyl (C=O) groups is 1. The zero-order chi connectivity index (χ0) is 21.0. The lowest BCUT2D eigenvalue weighted by Gasteiger charge is -2.32. The molecule has 0 atom stereocenters. The van der Waals surface area contributed by atoms with Crippen molar-refractivity contribution < 1.29 is 4.79 Å². The first-order chi connectivity index (χ1) is 14.7. The summed E-state index contributed by atoms with van der Waals surface area (Å²) in [5.74, 6) is 1.18. The van der Waals surface area contributed by atoms with E-state index in [1.807, 2.05) is 54.6 Å². The van der Waals surface area contributed by atoms with Gasteiger partial charge in [-0.2, -0.15) is 4.99 Å². The van der Waals surface area contributed by atoms with Gasteiger partial charge in [-0.15, -0.1) is 35.7 Å². The van der Waals surface area contributed by atoms with Crippen molar-refractivity contribution in [2.24, 2.45) is 9.98 Å². The molecule has 3 aromatic rings. The molecule has 31 heavy (non-hydrogen) atoms. The van der Waals surface area contributed by atoms with Gasteiger partial charge in [0.1, 0.15) is 10.9 Å². The van der Waals surface area contributed by atoms with Gasteiger partial charge in [0.25, 0.3) is 5.91 Å². The molecule has 4 rings (SSSR count). The first-order valence-electron chi connectivity index (χ1n) is 9.92. The molecule has 3 nitrogen and oxygen atoms in total. The highest BCUT2D eigenvalue weighted by atomic mass is 127. The summed E-state index contributed by atoms with van der Waals surface area (Å²) in [4.78, 5) is 22.6. The molecule has 0 N–H and O–H groups in total. The Morgan fingerprint density at radius 3 is 1.55 bits per heavy atom. The smallest absolute Gasteiger partial charge is 0.267 e. The van der Waals surface area contributed by atoms with Crippen LogP contribution in [0.2, 0.25) is 0 Å². The van der Waals surface area contributed by atoms with E-state index >= 15 is 0 Å². The van der Waals surface area contributed by atoms with Crippen LogP contribution in [-0.4, -0.2) is 27.8 Å². The number of hydrogen-bond acceptors (Lipinski definition) is 3. The van der Waals surface area contributed by atoms with Crippen LogP contribution in [0.5, 0.6) is 0 Å². The fourth-order valence-electron chi connectivity index (χ4n) is 3.83. The summed E-state index contributed by atoms with van der Waals surface area (Å²) in [6.07, 6.45) is 0. The Kier molecular flexibility index (Phi) is 8.09. The van der Waals surface area contributed by atoms with Crippen molar-refractivity contribution in [2.45, 2.75) is 13.8 Å². The van der Waals surface area contributed by atoms with Gasteiger partial charge in [0.15, 0.2) is 0 Å². The number of nitrogens with zero attached hydrogens (tertiary/aromatic N) is 2. The molecule has 1 aliphatic heterocycles. The van der Waals surface area contributed by atoms with E-state index in [4.69, 9.17) is 4.99 Å². The van der Waals surface area contributed by atoms with Crippen molar-refractivity contribution in [3.8, 4) is 0 Å². The van der Waals surface area contributed by atoms with E-state index in [-0.39, 0.29) is 29.9 Å². The molecule has 0 aliphatic carbocycles. The molecular formula is C25H24IN2OPS. The van der Waals surface area contributed by atoms with Crippen LogP contribution >= 0.6 is 42.6 Å². The van der Waals surface area contributed by atoms with E-state index in [2.05, 4.69) is 48.3 Å². The minimum absolute atomic E-state index is 0. The van der Waals surface area contributed by atoms with Crippen LogP contribution in [0, 0.1) is 0 Å². The predicted octanol–water partition coefficient (Wildman–Crippen LogP) is 4.88. The number of hydrogen-bond donors (Lipinski definition) is 0. The van der Waals surface area contributed by atoms with Gasteiger partial charge in [0, 0.05) is 0 Å². The molecule has 0 spiro atoms. The number of thioether (sulfide) groups is 1. The standard InChI is InChI=1S/C25H23N2OPS.HI/c1-3-30-25-23(24(28)26-19(2)27-25)29(20-13-7-4-8-14-20,21-15-9-5-10-16-21)22-17-11-6-12-18-22;/h4-18H,3H2,1-2H3;1H. The third-order valence-corrected chi connectivity index (χ3v) is 10.3. The van der Waals surface area contributed by atoms with Gasteiger partial charge in [-0.1, -0.05) is 97.9 Å². The summed E-state index contributed by atoms with van der Waals surface area (Å²) in [5.41, 5.74) is 0. The largest absolute Gasteiger partial charge is 0.282 e. The minimum atomic E-state index is -2.49. The van der Waals surface area contributed by atoms with Gasteiger partial charge in [-0.25, -0.2) is 4.99 Å². The molecule has 0 fully saturated rings. The number of benzene rings is 3. The molecule has 1 amide bonds. The van der Waals surface area contributed by atoms with Gasteiger partial charge < -0.3 is 0 Å². The van der Waals surface area contributed by atoms with Crippen molar-refractivity contribution in [1.29, 1.82) is 0 Å². The highest BCUT2D eigenvalue weighted by Crippen LogP contribution is 2.47. The molecule has 0 saturated carbocycles. The van der Waals surface area contributed by atoms with Crippen molar-refractivity contribution >= 4 is 80.6 Å². The van der Waals surface area contributed by atoms with Gasteiger partial charge in [0.2, 0.25) is 0 Å². The minimum Gasteiger partial charge on any atom is -0.267 e. The molecule has 1 aliphatic rings. The number of carbonyl (C=O) groups excluding carboxylic acids is 1. The first kappa shape index (κ1) is 23.7. The van der Waals surface area contributed by atoms with Gasteiger partial charge in [0.05, 0.1) is 5.29 Å².